The number of nitrogens with zero attached hydrogens (tertiary/aromatic N) is 1. The summed E-state index contributed by atoms with van der Waals surface area (Å²) in [6.45, 7) is 7.95. The van der Waals surface area contributed by atoms with Gasteiger partial charge in [0.05, 0.1) is 13.7 Å². The summed E-state index contributed by atoms with van der Waals surface area (Å²) >= 11 is 0. The van der Waals surface area contributed by atoms with E-state index in [0.717, 1.165) is 30.0 Å². The molecule has 0 radical (unpaired) electrons. The second-order valence-corrected chi connectivity index (χ2v) is 5.13. The predicted octanol–water partition coefficient (Wildman–Crippen LogP) is 2.97. The minimum absolute atomic E-state index is 0.0738. The Hall–Kier alpha value is -1.26. The fraction of sp³-hybridized carbons (Fsp3) is 0.625. The topological polar surface area (TPSA) is 47.7 Å². The van der Waals surface area contributed by atoms with Crippen LogP contribution in [-0.2, 0) is 4.74 Å². The highest BCUT2D eigenvalue weighted by Gasteiger charge is 2.20. The zero-order valence-electron chi connectivity index (χ0n) is 13.3. The number of hydrogen-bond acceptors (Lipinski definition) is 4. The first-order valence-corrected chi connectivity index (χ1v) is 7.24. The van der Waals surface area contributed by atoms with E-state index in [0.29, 0.717) is 12.6 Å². The molecule has 1 aromatic rings. The predicted molar refractivity (Wildman–Crippen MR) is 84.6 cm³/mol. The highest BCUT2D eigenvalue weighted by molar-refractivity contribution is 5.61. The molecule has 0 amide bonds. The zero-order chi connectivity index (χ0) is 15.1. The smallest absolute Gasteiger partial charge is 0.125 e. The van der Waals surface area contributed by atoms with Crippen LogP contribution in [0.3, 0.4) is 0 Å². The van der Waals surface area contributed by atoms with Crippen LogP contribution in [0.1, 0.15) is 38.8 Å². The lowest BCUT2D eigenvalue weighted by Gasteiger charge is -2.33. The summed E-state index contributed by atoms with van der Waals surface area (Å²) in [6.07, 6.45) is 1.07. The number of hydrogen-bond donors (Lipinski definition) is 1. The third-order valence-electron chi connectivity index (χ3n) is 3.69. The molecule has 0 bridgehead atoms. The Labute approximate surface area is 122 Å². The van der Waals surface area contributed by atoms with Gasteiger partial charge in [-0.2, -0.15) is 0 Å². The third kappa shape index (κ3) is 3.87. The van der Waals surface area contributed by atoms with E-state index in [9.17, 15) is 0 Å². The van der Waals surface area contributed by atoms with Crippen molar-refractivity contribution in [2.24, 2.45) is 5.73 Å². The summed E-state index contributed by atoms with van der Waals surface area (Å²) in [7, 11) is 3.42. The summed E-state index contributed by atoms with van der Waals surface area (Å²) in [5.41, 5.74) is 8.37. The maximum atomic E-state index is 6.16. The molecule has 0 aromatic heterocycles. The Balaban J connectivity index is 3.24. The average Bonchev–Trinajstić information content (AvgIpc) is 2.46. The van der Waals surface area contributed by atoms with Crippen molar-refractivity contribution in [3.05, 3.63) is 23.8 Å². The summed E-state index contributed by atoms with van der Waals surface area (Å²) in [6, 6.07) is 6.45. The summed E-state index contributed by atoms with van der Waals surface area (Å²) < 4.78 is 10.7. The van der Waals surface area contributed by atoms with Crippen LogP contribution < -0.4 is 15.4 Å². The number of anilines is 1. The molecule has 4 heteroatoms. The molecule has 1 aromatic carbocycles. The molecule has 0 aliphatic rings. The van der Waals surface area contributed by atoms with Crippen molar-refractivity contribution < 1.29 is 9.47 Å². The molecule has 0 aliphatic heterocycles. The van der Waals surface area contributed by atoms with Crippen LogP contribution in [0.5, 0.6) is 5.75 Å². The van der Waals surface area contributed by atoms with Crippen molar-refractivity contribution in [1.29, 1.82) is 0 Å². The number of benzene rings is 1. The molecule has 0 aliphatic carbocycles. The molecule has 0 saturated carbocycles. The van der Waals surface area contributed by atoms with Gasteiger partial charge in [0.25, 0.3) is 0 Å². The minimum Gasteiger partial charge on any atom is -0.496 e. The SMILES string of the molecule is CCC(C)N(CCOC)c1cccc(OC)c1[C@@H](C)N. The number of methoxy groups -OCH3 is 2. The van der Waals surface area contributed by atoms with Crippen molar-refractivity contribution in [2.75, 3.05) is 32.3 Å². The molecule has 0 heterocycles. The Bertz CT molecular complexity index is 407. The van der Waals surface area contributed by atoms with Crippen LogP contribution in [0, 0.1) is 0 Å². The van der Waals surface area contributed by atoms with Gasteiger partial charge in [0.15, 0.2) is 0 Å². The van der Waals surface area contributed by atoms with E-state index >= 15 is 0 Å². The lowest BCUT2D eigenvalue weighted by molar-refractivity contribution is 0.203. The van der Waals surface area contributed by atoms with Gasteiger partial charge in [0.1, 0.15) is 5.75 Å². The Morgan fingerprint density at radius 3 is 2.45 bits per heavy atom. The quantitative estimate of drug-likeness (QED) is 0.795. The summed E-state index contributed by atoms with van der Waals surface area (Å²) in [5.74, 6) is 0.850. The van der Waals surface area contributed by atoms with Gasteiger partial charge >= 0.3 is 0 Å². The maximum absolute atomic E-state index is 6.16. The third-order valence-corrected chi connectivity index (χ3v) is 3.69. The number of rotatable bonds is 8. The largest absolute Gasteiger partial charge is 0.496 e. The van der Waals surface area contributed by atoms with Gasteiger partial charge in [-0.05, 0) is 32.4 Å². The molecule has 2 atom stereocenters. The fourth-order valence-electron chi connectivity index (χ4n) is 2.41. The standard InChI is InChI=1S/C16H28N2O2/c1-6-12(2)18(10-11-19-4)14-8-7-9-15(20-5)16(14)13(3)17/h7-9,12-13H,6,10-11,17H2,1-5H3/t12?,13-/m1/s1. The summed E-state index contributed by atoms with van der Waals surface area (Å²) in [5, 5.41) is 0. The fourth-order valence-corrected chi connectivity index (χ4v) is 2.41. The van der Waals surface area contributed by atoms with Gasteiger partial charge in [-0.25, -0.2) is 0 Å². The normalized spacial score (nSPS) is 13.9. The molecule has 0 spiro atoms. The van der Waals surface area contributed by atoms with Gasteiger partial charge in [-0.1, -0.05) is 13.0 Å². The van der Waals surface area contributed by atoms with Crippen LogP contribution in [0.4, 0.5) is 5.69 Å². The first-order valence-electron chi connectivity index (χ1n) is 7.24. The first-order chi connectivity index (χ1) is 9.56. The van der Waals surface area contributed by atoms with E-state index in [-0.39, 0.29) is 6.04 Å². The van der Waals surface area contributed by atoms with E-state index < -0.39 is 0 Å². The van der Waals surface area contributed by atoms with Gasteiger partial charge in [-0.3, -0.25) is 0 Å². The highest BCUT2D eigenvalue weighted by atomic mass is 16.5. The number of nitrogens with two attached hydrogens (primary N) is 1. The zero-order valence-corrected chi connectivity index (χ0v) is 13.3. The Morgan fingerprint density at radius 2 is 1.95 bits per heavy atom. The molecule has 114 valence electrons. The second-order valence-electron chi connectivity index (χ2n) is 5.13. The minimum atomic E-state index is -0.0738. The van der Waals surface area contributed by atoms with Gasteiger partial charge < -0.3 is 20.1 Å². The Morgan fingerprint density at radius 1 is 1.25 bits per heavy atom. The molecular weight excluding hydrogens is 252 g/mol. The molecule has 0 saturated heterocycles. The van der Waals surface area contributed by atoms with Crippen LogP contribution >= 0.6 is 0 Å². The van der Waals surface area contributed by atoms with E-state index in [1.54, 1.807) is 14.2 Å². The second kappa shape index (κ2) is 8.12. The van der Waals surface area contributed by atoms with Crippen molar-refractivity contribution in [3.63, 3.8) is 0 Å². The van der Waals surface area contributed by atoms with Crippen LogP contribution in [-0.4, -0.2) is 33.4 Å². The molecular formula is C16H28N2O2. The molecule has 2 N–H and O–H groups in total. The van der Waals surface area contributed by atoms with E-state index in [1.165, 1.54) is 0 Å². The summed E-state index contributed by atoms with van der Waals surface area (Å²) in [4.78, 5) is 2.35. The first kappa shape index (κ1) is 16.8. The van der Waals surface area contributed by atoms with Crippen LogP contribution in [0.2, 0.25) is 0 Å². The Kier molecular flexibility index (Phi) is 6.82. The van der Waals surface area contributed by atoms with Crippen molar-refractivity contribution in [2.45, 2.75) is 39.3 Å². The molecule has 1 unspecified atom stereocenters. The lowest BCUT2D eigenvalue weighted by atomic mass is 10.0. The van der Waals surface area contributed by atoms with E-state index in [2.05, 4.69) is 24.8 Å². The molecule has 4 nitrogen and oxygen atoms in total. The molecule has 20 heavy (non-hydrogen) atoms. The highest BCUT2D eigenvalue weighted by Crippen LogP contribution is 2.34. The van der Waals surface area contributed by atoms with Gasteiger partial charge in [0.2, 0.25) is 0 Å². The molecule has 1 rings (SSSR count). The van der Waals surface area contributed by atoms with E-state index in [1.807, 2.05) is 19.1 Å². The van der Waals surface area contributed by atoms with Crippen molar-refractivity contribution in [3.8, 4) is 5.75 Å². The lowest BCUT2D eigenvalue weighted by Crippen LogP contribution is -2.36. The van der Waals surface area contributed by atoms with Gasteiger partial charge in [0, 0.05) is 37.0 Å². The monoisotopic (exact) mass is 280 g/mol. The van der Waals surface area contributed by atoms with Crippen molar-refractivity contribution >= 4 is 5.69 Å². The van der Waals surface area contributed by atoms with Gasteiger partial charge in [-0.15, -0.1) is 0 Å². The van der Waals surface area contributed by atoms with Crippen molar-refractivity contribution in [1.82, 2.24) is 0 Å². The molecule has 0 fully saturated rings. The van der Waals surface area contributed by atoms with E-state index in [4.69, 9.17) is 15.2 Å². The average molecular weight is 280 g/mol. The maximum Gasteiger partial charge on any atom is 0.125 e. The van der Waals surface area contributed by atoms with Crippen LogP contribution in [0.25, 0.3) is 0 Å². The van der Waals surface area contributed by atoms with Crippen LogP contribution in [0.15, 0.2) is 18.2 Å². The number of ether oxygens (including phenoxy) is 2.